The van der Waals surface area contributed by atoms with Gasteiger partial charge in [0, 0.05) is 23.5 Å². The van der Waals surface area contributed by atoms with Gasteiger partial charge in [-0.1, -0.05) is 0 Å². The Morgan fingerprint density at radius 2 is 2.06 bits per heavy atom. The van der Waals surface area contributed by atoms with E-state index in [-0.39, 0.29) is 11.7 Å². The third kappa shape index (κ3) is 3.58. The molecule has 0 aliphatic carbocycles. The largest absolute Gasteiger partial charge is 0.348 e. The maximum absolute atomic E-state index is 11.6. The van der Waals surface area contributed by atoms with E-state index in [0.29, 0.717) is 0 Å². The standard InChI is InChI=1S/C13H21ClN2O/c1-10-8-12(13(17)9-14)11(2)16(10)7-5-6-15(3)4/h8H,5-7,9H2,1-4H3. The van der Waals surface area contributed by atoms with E-state index in [9.17, 15) is 4.79 Å². The monoisotopic (exact) mass is 256 g/mol. The summed E-state index contributed by atoms with van der Waals surface area (Å²) in [5.41, 5.74) is 2.93. The highest BCUT2D eigenvalue weighted by atomic mass is 35.5. The SMILES string of the molecule is Cc1cc(C(=O)CCl)c(C)n1CCCN(C)C. The summed E-state index contributed by atoms with van der Waals surface area (Å²) in [5.74, 6) is 0.0701. The van der Waals surface area contributed by atoms with Crippen LogP contribution in [0.4, 0.5) is 0 Å². The molecule has 96 valence electrons. The van der Waals surface area contributed by atoms with Crippen LogP contribution in [-0.2, 0) is 6.54 Å². The van der Waals surface area contributed by atoms with Gasteiger partial charge in [0.05, 0.1) is 5.88 Å². The Kier molecular flexibility index (Phi) is 5.22. The normalized spacial score (nSPS) is 11.2. The number of aryl methyl sites for hydroxylation is 1. The van der Waals surface area contributed by atoms with Crippen molar-refractivity contribution in [2.45, 2.75) is 26.8 Å². The summed E-state index contributed by atoms with van der Waals surface area (Å²) in [4.78, 5) is 13.8. The number of ketones is 1. The molecule has 1 rings (SSSR count). The zero-order valence-corrected chi connectivity index (χ0v) is 11.8. The first kappa shape index (κ1) is 14.3. The number of nitrogens with zero attached hydrogens (tertiary/aromatic N) is 2. The van der Waals surface area contributed by atoms with Gasteiger partial charge in [0.1, 0.15) is 0 Å². The maximum Gasteiger partial charge on any atom is 0.179 e. The van der Waals surface area contributed by atoms with Crippen LogP contribution >= 0.6 is 11.6 Å². The van der Waals surface area contributed by atoms with E-state index < -0.39 is 0 Å². The molecule has 0 atom stereocenters. The molecule has 0 saturated carbocycles. The van der Waals surface area contributed by atoms with Crippen molar-refractivity contribution in [1.82, 2.24) is 9.47 Å². The fourth-order valence-corrected chi connectivity index (χ4v) is 2.19. The van der Waals surface area contributed by atoms with Crippen LogP contribution in [0.5, 0.6) is 0 Å². The van der Waals surface area contributed by atoms with Crippen molar-refractivity contribution < 1.29 is 4.79 Å². The second-order valence-electron chi connectivity index (χ2n) is 4.65. The van der Waals surface area contributed by atoms with Gasteiger partial charge in [-0.15, -0.1) is 11.6 Å². The Morgan fingerprint density at radius 3 is 2.59 bits per heavy atom. The van der Waals surface area contributed by atoms with Gasteiger partial charge in [0.25, 0.3) is 0 Å². The molecule has 1 aromatic rings. The minimum atomic E-state index is 0.0126. The lowest BCUT2D eigenvalue weighted by molar-refractivity contribution is 0.102. The predicted octanol–water partition coefficient (Wildman–Crippen LogP) is 2.48. The molecule has 0 aliphatic heterocycles. The average Bonchev–Trinajstić information content (AvgIpc) is 2.55. The van der Waals surface area contributed by atoms with Crippen molar-refractivity contribution in [1.29, 1.82) is 0 Å². The summed E-state index contributed by atoms with van der Waals surface area (Å²) in [5, 5.41) is 0. The Morgan fingerprint density at radius 1 is 1.41 bits per heavy atom. The molecule has 0 radical (unpaired) electrons. The number of hydrogen-bond acceptors (Lipinski definition) is 2. The molecule has 17 heavy (non-hydrogen) atoms. The van der Waals surface area contributed by atoms with E-state index in [1.54, 1.807) is 0 Å². The van der Waals surface area contributed by atoms with Gasteiger partial charge in [0.2, 0.25) is 0 Å². The van der Waals surface area contributed by atoms with E-state index in [1.165, 1.54) is 0 Å². The number of aromatic nitrogens is 1. The molecule has 0 unspecified atom stereocenters. The number of carbonyl (C=O) groups excluding carboxylic acids is 1. The first-order chi connectivity index (χ1) is 7.97. The fraction of sp³-hybridized carbons (Fsp3) is 0.615. The number of hydrogen-bond donors (Lipinski definition) is 0. The fourth-order valence-electron chi connectivity index (χ4n) is 2.04. The van der Waals surface area contributed by atoms with Crippen molar-refractivity contribution >= 4 is 17.4 Å². The second-order valence-corrected chi connectivity index (χ2v) is 4.92. The van der Waals surface area contributed by atoms with Crippen molar-refractivity contribution in [3.63, 3.8) is 0 Å². The van der Waals surface area contributed by atoms with Gasteiger partial charge in [-0.2, -0.15) is 0 Å². The molecule has 1 aromatic heterocycles. The Bertz CT molecular complexity index is 396. The Balaban J connectivity index is 2.79. The topological polar surface area (TPSA) is 25.2 Å². The quantitative estimate of drug-likeness (QED) is 0.577. The van der Waals surface area contributed by atoms with Gasteiger partial charge in [-0.3, -0.25) is 4.79 Å². The molecule has 1 heterocycles. The Labute approximate surface area is 108 Å². The lowest BCUT2D eigenvalue weighted by atomic mass is 10.2. The van der Waals surface area contributed by atoms with E-state index in [4.69, 9.17) is 11.6 Å². The molecule has 0 N–H and O–H groups in total. The highest BCUT2D eigenvalue weighted by molar-refractivity contribution is 6.30. The third-order valence-electron chi connectivity index (χ3n) is 2.98. The molecule has 0 saturated heterocycles. The molecule has 0 amide bonds. The number of halogens is 1. The van der Waals surface area contributed by atoms with Crippen molar-refractivity contribution in [2.24, 2.45) is 0 Å². The zero-order valence-electron chi connectivity index (χ0n) is 11.1. The smallest absolute Gasteiger partial charge is 0.179 e. The van der Waals surface area contributed by atoms with Crippen LogP contribution in [0, 0.1) is 13.8 Å². The molecule has 3 nitrogen and oxygen atoms in total. The summed E-state index contributed by atoms with van der Waals surface area (Å²) < 4.78 is 2.20. The molecule has 0 bridgehead atoms. The first-order valence-electron chi connectivity index (χ1n) is 5.88. The minimum absolute atomic E-state index is 0.0126. The lowest BCUT2D eigenvalue weighted by Crippen LogP contribution is -2.16. The molecule has 0 aliphatic rings. The van der Waals surface area contributed by atoms with E-state index >= 15 is 0 Å². The molecule has 0 aromatic carbocycles. The second kappa shape index (κ2) is 6.22. The Hall–Kier alpha value is -0.800. The highest BCUT2D eigenvalue weighted by Crippen LogP contribution is 2.16. The average molecular weight is 257 g/mol. The van der Waals surface area contributed by atoms with Gasteiger partial charge < -0.3 is 9.47 Å². The number of alkyl halides is 1. The molecule has 0 fully saturated rings. The predicted molar refractivity (Wildman–Crippen MR) is 72.1 cm³/mol. The van der Waals surface area contributed by atoms with Crippen molar-refractivity contribution in [3.05, 3.63) is 23.0 Å². The number of carbonyl (C=O) groups is 1. The third-order valence-corrected chi connectivity index (χ3v) is 3.23. The minimum Gasteiger partial charge on any atom is -0.348 e. The summed E-state index contributed by atoms with van der Waals surface area (Å²) >= 11 is 5.60. The van der Waals surface area contributed by atoms with Crippen molar-refractivity contribution in [2.75, 3.05) is 26.5 Å². The number of rotatable bonds is 6. The van der Waals surface area contributed by atoms with Gasteiger partial charge in [-0.25, -0.2) is 0 Å². The van der Waals surface area contributed by atoms with Gasteiger partial charge >= 0.3 is 0 Å². The van der Waals surface area contributed by atoms with Gasteiger partial charge in [0.15, 0.2) is 5.78 Å². The molecule has 4 heteroatoms. The summed E-state index contributed by atoms with van der Waals surface area (Å²) in [7, 11) is 4.13. The maximum atomic E-state index is 11.6. The molecular weight excluding hydrogens is 236 g/mol. The first-order valence-corrected chi connectivity index (χ1v) is 6.41. The van der Waals surface area contributed by atoms with Crippen LogP contribution in [0.3, 0.4) is 0 Å². The molecule has 0 spiro atoms. The lowest BCUT2D eigenvalue weighted by Gasteiger charge is -2.12. The van der Waals surface area contributed by atoms with Gasteiger partial charge in [-0.05, 0) is 47.0 Å². The van der Waals surface area contributed by atoms with E-state index in [1.807, 2.05) is 19.9 Å². The van der Waals surface area contributed by atoms with Crippen molar-refractivity contribution in [3.8, 4) is 0 Å². The van der Waals surface area contributed by atoms with Crippen LogP contribution in [-0.4, -0.2) is 41.8 Å². The summed E-state index contributed by atoms with van der Waals surface area (Å²) in [6.45, 7) is 6.03. The van der Waals surface area contributed by atoms with Crippen LogP contribution < -0.4 is 0 Å². The van der Waals surface area contributed by atoms with Crippen LogP contribution in [0.2, 0.25) is 0 Å². The van der Waals surface area contributed by atoms with E-state index in [2.05, 4.69) is 23.6 Å². The zero-order chi connectivity index (χ0) is 13.0. The molecular formula is C13H21ClN2O. The number of Topliss-reactive ketones (excluding diaryl/α,β-unsaturated/α-hetero) is 1. The summed E-state index contributed by atoms with van der Waals surface area (Å²) in [6.07, 6.45) is 1.08. The van der Waals surface area contributed by atoms with Crippen LogP contribution in [0.15, 0.2) is 6.07 Å². The van der Waals surface area contributed by atoms with E-state index in [0.717, 1.165) is 36.5 Å². The van der Waals surface area contributed by atoms with Crippen LogP contribution in [0.25, 0.3) is 0 Å². The highest BCUT2D eigenvalue weighted by Gasteiger charge is 2.14. The van der Waals surface area contributed by atoms with Crippen LogP contribution in [0.1, 0.15) is 28.2 Å². The summed E-state index contributed by atoms with van der Waals surface area (Å²) in [6, 6.07) is 1.94.